The van der Waals surface area contributed by atoms with Crippen LogP contribution in [-0.2, 0) is 19.0 Å². The quantitative estimate of drug-likeness (QED) is 0.343. The molecule has 0 radical (unpaired) electrons. The predicted octanol–water partition coefficient (Wildman–Crippen LogP) is 3.62. The van der Waals surface area contributed by atoms with Gasteiger partial charge in [0, 0.05) is 13.2 Å². The van der Waals surface area contributed by atoms with Gasteiger partial charge in [-0.25, -0.2) is 0 Å². The molecule has 2 aliphatic carbocycles. The summed E-state index contributed by atoms with van der Waals surface area (Å²) in [6.45, 7) is 2.29. The van der Waals surface area contributed by atoms with Crippen LogP contribution in [0.4, 0.5) is 0 Å². The molecule has 1 heterocycles. The number of hydrogen-bond donors (Lipinski definition) is 1. The molecule has 5 atom stereocenters. The maximum Gasteiger partial charge on any atom is 0.309 e. The van der Waals surface area contributed by atoms with Crippen molar-refractivity contribution in [3.63, 3.8) is 0 Å². The molecule has 5 nitrogen and oxygen atoms in total. The highest BCUT2D eigenvalue weighted by Gasteiger charge is 2.43. The first-order valence-corrected chi connectivity index (χ1v) is 10.8. The molecular formula is C21H36O5. The molecule has 1 saturated heterocycles. The van der Waals surface area contributed by atoms with Gasteiger partial charge in [0.15, 0.2) is 0 Å². The number of aliphatic hydroxyl groups is 1. The zero-order valence-corrected chi connectivity index (χ0v) is 16.1. The Morgan fingerprint density at radius 3 is 2.54 bits per heavy atom. The van der Waals surface area contributed by atoms with E-state index in [4.69, 9.17) is 14.2 Å². The predicted molar refractivity (Wildman–Crippen MR) is 98.8 cm³/mol. The first-order valence-electron chi connectivity index (χ1n) is 10.8. The summed E-state index contributed by atoms with van der Waals surface area (Å²) in [5.74, 6) is 0.513. The molecule has 0 aromatic rings. The van der Waals surface area contributed by atoms with E-state index in [1.54, 1.807) is 0 Å². The third-order valence-electron chi connectivity index (χ3n) is 6.12. The maximum absolute atomic E-state index is 11.9. The average molecular weight is 369 g/mol. The van der Waals surface area contributed by atoms with Crippen molar-refractivity contribution in [1.29, 1.82) is 0 Å². The van der Waals surface area contributed by atoms with Gasteiger partial charge in [-0.15, -0.1) is 0 Å². The van der Waals surface area contributed by atoms with Gasteiger partial charge in [-0.1, -0.05) is 25.7 Å². The number of esters is 1. The second kappa shape index (κ2) is 10.6. The minimum Gasteiger partial charge on any atom is -0.465 e. The van der Waals surface area contributed by atoms with Gasteiger partial charge in [0.1, 0.15) is 0 Å². The Balaban J connectivity index is 1.08. The summed E-state index contributed by atoms with van der Waals surface area (Å²) < 4.78 is 16.8. The summed E-state index contributed by atoms with van der Waals surface area (Å²) in [6, 6.07) is 0. The zero-order valence-electron chi connectivity index (χ0n) is 16.1. The van der Waals surface area contributed by atoms with Crippen LogP contribution in [0.25, 0.3) is 0 Å². The molecule has 5 heteroatoms. The first kappa shape index (κ1) is 20.1. The van der Waals surface area contributed by atoms with Crippen LogP contribution in [-0.4, -0.2) is 49.2 Å². The third-order valence-corrected chi connectivity index (χ3v) is 6.12. The molecule has 1 aliphatic heterocycles. The molecule has 0 spiro atoms. The highest BCUT2D eigenvalue weighted by atomic mass is 16.6. The van der Waals surface area contributed by atoms with Crippen molar-refractivity contribution in [2.24, 2.45) is 11.8 Å². The molecule has 0 aromatic heterocycles. The number of carbonyl (C=O) groups is 1. The Kier molecular flexibility index (Phi) is 8.21. The van der Waals surface area contributed by atoms with E-state index in [1.807, 2.05) is 0 Å². The van der Waals surface area contributed by atoms with Crippen LogP contribution in [0.1, 0.15) is 77.0 Å². The van der Waals surface area contributed by atoms with Gasteiger partial charge in [0.25, 0.3) is 0 Å². The van der Waals surface area contributed by atoms with Gasteiger partial charge < -0.3 is 19.3 Å². The number of ether oxygens (including phenoxy) is 3. The molecule has 4 unspecified atom stereocenters. The van der Waals surface area contributed by atoms with Crippen LogP contribution in [0.2, 0.25) is 0 Å². The van der Waals surface area contributed by atoms with Crippen LogP contribution in [0.15, 0.2) is 0 Å². The maximum atomic E-state index is 11.9. The second-order valence-electron chi connectivity index (χ2n) is 8.42. The lowest BCUT2D eigenvalue weighted by molar-refractivity contribution is -0.151. The van der Waals surface area contributed by atoms with E-state index in [0.29, 0.717) is 31.2 Å². The molecule has 2 saturated carbocycles. The molecule has 0 aromatic carbocycles. The number of fused-ring (bicyclic) bond motifs is 1. The molecule has 3 aliphatic rings. The van der Waals surface area contributed by atoms with E-state index in [-0.39, 0.29) is 18.0 Å². The highest BCUT2D eigenvalue weighted by Crippen LogP contribution is 2.39. The molecule has 0 amide bonds. The van der Waals surface area contributed by atoms with E-state index in [9.17, 15) is 9.90 Å². The van der Waals surface area contributed by atoms with Crippen molar-refractivity contribution in [3.05, 3.63) is 0 Å². The monoisotopic (exact) mass is 368 g/mol. The molecule has 3 rings (SSSR count). The van der Waals surface area contributed by atoms with E-state index in [2.05, 4.69) is 0 Å². The number of rotatable bonds is 11. The normalized spacial score (nSPS) is 33.5. The number of carbonyl (C=O) groups excluding carboxylic acids is 1. The number of aliphatic hydroxyl groups excluding tert-OH is 1. The van der Waals surface area contributed by atoms with Gasteiger partial charge in [0.05, 0.1) is 30.8 Å². The Bertz CT molecular complexity index is 427. The van der Waals surface area contributed by atoms with Gasteiger partial charge in [-0.05, 0) is 57.3 Å². The number of unbranched alkanes of at least 4 members (excludes halogenated alkanes) is 4. The van der Waals surface area contributed by atoms with Crippen molar-refractivity contribution >= 4 is 5.97 Å². The summed E-state index contributed by atoms with van der Waals surface area (Å²) in [5, 5.41) is 9.62. The van der Waals surface area contributed by atoms with Crippen molar-refractivity contribution in [1.82, 2.24) is 0 Å². The number of hydrogen-bond acceptors (Lipinski definition) is 5. The standard InChI is InChI=1S/C21H36O5/c22-18-8-6-7-17(14-18)21(23)25-12-5-3-1-2-4-11-24-15-16-9-10-19-20(13-16)26-19/h16-20,22H,1-15H2/t16?,17?,18-,19?,20?/m1/s1. The van der Waals surface area contributed by atoms with Gasteiger partial charge in [-0.2, -0.15) is 0 Å². The third kappa shape index (κ3) is 6.82. The Hall–Kier alpha value is -0.650. The topological polar surface area (TPSA) is 68.3 Å². The Labute approximate surface area is 157 Å². The van der Waals surface area contributed by atoms with Crippen LogP contribution in [0, 0.1) is 11.8 Å². The Morgan fingerprint density at radius 2 is 1.73 bits per heavy atom. The lowest BCUT2D eigenvalue weighted by atomic mass is 9.87. The summed E-state index contributed by atoms with van der Waals surface area (Å²) in [5.41, 5.74) is 0. The number of epoxide rings is 1. The summed E-state index contributed by atoms with van der Waals surface area (Å²) in [6.07, 6.45) is 13.2. The molecule has 1 N–H and O–H groups in total. The van der Waals surface area contributed by atoms with Crippen molar-refractivity contribution in [2.45, 2.75) is 95.4 Å². The highest BCUT2D eigenvalue weighted by molar-refractivity contribution is 5.72. The largest absolute Gasteiger partial charge is 0.465 e. The summed E-state index contributed by atoms with van der Waals surface area (Å²) >= 11 is 0. The van der Waals surface area contributed by atoms with Gasteiger partial charge >= 0.3 is 5.97 Å². The van der Waals surface area contributed by atoms with Crippen LogP contribution in [0.5, 0.6) is 0 Å². The minimum atomic E-state index is -0.319. The summed E-state index contributed by atoms with van der Waals surface area (Å²) in [4.78, 5) is 11.9. The molecular weight excluding hydrogens is 332 g/mol. The fourth-order valence-corrected chi connectivity index (χ4v) is 4.39. The molecule has 0 bridgehead atoms. The SMILES string of the molecule is O=C(OCCCCCCCOCC1CCC2OC2C1)C1CCC[C@@H](O)C1. The summed E-state index contributed by atoms with van der Waals surface area (Å²) in [7, 11) is 0. The van der Waals surface area contributed by atoms with E-state index < -0.39 is 0 Å². The fraction of sp³-hybridized carbons (Fsp3) is 0.952. The lowest BCUT2D eigenvalue weighted by Gasteiger charge is -2.24. The van der Waals surface area contributed by atoms with Crippen LogP contribution < -0.4 is 0 Å². The van der Waals surface area contributed by atoms with Crippen LogP contribution >= 0.6 is 0 Å². The molecule has 150 valence electrons. The average Bonchev–Trinajstić information content (AvgIpc) is 3.42. The fourth-order valence-electron chi connectivity index (χ4n) is 4.39. The zero-order chi connectivity index (χ0) is 18.2. The smallest absolute Gasteiger partial charge is 0.309 e. The van der Waals surface area contributed by atoms with Crippen molar-refractivity contribution < 1.29 is 24.1 Å². The lowest BCUT2D eigenvalue weighted by Crippen LogP contribution is -2.27. The van der Waals surface area contributed by atoms with E-state index >= 15 is 0 Å². The van der Waals surface area contributed by atoms with Crippen LogP contribution in [0.3, 0.4) is 0 Å². The minimum absolute atomic E-state index is 0.0857. The first-order chi connectivity index (χ1) is 12.7. The Morgan fingerprint density at radius 1 is 0.923 bits per heavy atom. The van der Waals surface area contributed by atoms with E-state index in [0.717, 1.165) is 51.7 Å². The molecule has 3 fully saturated rings. The second-order valence-corrected chi connectivity index (χ2v) is 8.42. The van der Waals surface area contributed by atoms with Crippen molar-refractivity contribution in [3.8, 4) is 0 Å². The van der Waals surface area contributed by atoms with Crippen molar-refractivity contribution in [2.75, 3.05) is 19.8 Å². The van der Waals surface area contributed by atoms with E-state index in [1.165, 1.54) is 32.1 Å². The van der Waals surface area contributed by atoms with Gasteiger partial charge in [-0.3, -0.25) is 4.79 Å². The van der Waals surface area contributed by atoms with Gasteiger partial charge in [0.2, 0.25) is 0 Å². The molecule has 26 heavy (non-hydrogen) atoms.